The van der Waals surface area contributed by atoms with Crippen LogP contribution in [0.3, 0.4) is 0 Å². The van der Waals surface area contributed by atoms with Crippen molar-refractivity contribution in [1.82, 2.24) is 0 Å². The fraction of sp³-hybridized carbons (Fsp3) is 0. The number of hydrogen-bond donors (Lipinski definition) is 4. The second kappa shape index (κ2) is 3.79. The van der Waals surface area contributed by atoms with Crippen molar-refractivity contribution in [3.05, 3.63) is 33.3 Å². The first-order valence-electron chi connectivity index (χ1n) is 5.28. The van der Waals surface area contributed by atoms with Crippen LogP contribution in [-0.4, -0.2) is 0 Å². The zero-order chi connectivity index (χ0) is 12.9. The summed E-state index contributed by atoms with van der Waals surface area (Å²) in [5.74, 6) is 0.654. The Bertz CT molecular complexity index is 738. The van der Waals surface area contributed by atoms with Gasteiger partial charge in [0, 0.05) is 30.6 Å². The average molecular weight is 276 g/mol. The summed E-state index contributed by atoms with van der Waals surface area (Å²) < 4.78 is 2.07. The number of benzene rings is 1. The van der Waals surface area contributed by atoms with Gasteiger partial charge in [-0.15, -0.1) is 22.7 Å². The van der Waals surface area contributed by atoms with Gasteiger partial charge in [-0.1, -0.05) is 0 Å². The molecule has 4 nitrogen and oxygen atoms in total. The van der Waals surface area contributed by atoms with Crippen LogP contribution in [0.5, 0.6) is 0 Å². The lowest BCUT2D eigenvalue weighted by Crippen LogP contribution is -2.26. The molecule has 3 aromatic rings. The number of nitrogens with two attached hydrogens (primary N) is 4. The topological polar surface area (TPSA) is 104 Å². The lowest BCUT2D eigenvalue weighted by Gasteiger charge is -2.02. The molecule has 0 amide bonds. The molecule has 0 aliphatic rings. The zero-order valence-electron chi connectivity index (χ0n) is 9.44. The Kier molecular flexibility index (Phi) is 2.36. The maximum absolute atomic E-state index is 5.83. The maximum atomic E-state index is 5.83. The third kappa shape index (κ3) is 1.36. The maximum Gasteiger partial charge on any atom is 0.104 e. The van der Waals surface area contributed by atoms with Gasteiger partial charge in [0.15, 0.2) is 0 Å². The fourth-order valence-corrected chi connectivity index (χ4v) is 4.24. The van der Waals surface area contributed by atoms with Crippen molar-refractivity contribution >= 4 is 54.5 Å². The van der Waals surface area contributed by atoms with Crippen LogP contribution >= 0.6 is 22.7 Å². The van der Waals surface area contributed by atoms with E-state index in [0.29, 0.717) is 11.6 Å². The van der Waals surface area contributed by atoms with Gasteiger partial charge < -0.3 is 22.9 Å². The van der Waals surface area contributed by atoms with Crippen LogP contribution in [0.15, 0.2) is 22.9 Å². The Morgan fingerprint density at radius 2 is 1.17 bits per heavy atom. The lowest BCUT2D eigenvalue weighted by atomic mass is 10.1. The van der Waals surface area contributed by atoms with Crippen LogP contribution in [0.25, 0.3) is 31.8 Å². The molecular weight excluding hydrogens is 264 g/mol. The first kappa shape index (κ1) is 11.2. The van der Waals surface area contributed by atoms with Crippen molar-refractivity contribution in [3.63, 3.8) is 0 Å². The smallest absolute Gasteiger partial charge is 0.104 e. The Hall–Kier alpha value is -1.92. The SMILES string of the molecule is NC(N)=c1c2ccsc2c(=C(N)N)c2sccc12. The van der Waals surface area contributed by atoms with Gasteiger partial charge in [-0.2, -0.15) is 0 Å². The largest absolute Gasteiger partial charge is 0.385 e. The molecule has 2 aromatic heterocycles. The monoisotopic (exact) mass is 276 g/mol. The van der Waals surface area contributed by atoms with E-state index < -0.39 is 0 Å². The first-order valence-corrected chi connectivity index (χ1v) is 7.04. The molecule has 3 rings (SSSR count). The molecule has 18 heavy (non-hydrogen) atoms. The van der Waals surface area contributed by atoms with Crippen LogP contribution in [-0.2, 0) is 0 Å². The van der Waals surface area contributed by atoms with Crippen molar-refractivity contribution in [2.75, 3.05) is 0 Å². The summed E-state index contributed by atoms with van der Waals surface area (Å²) >= 11 is 3.19. The summed E-state index contributed by atoms with van der Waals surface area (Å²) in [6, 6.07) is 4.00. The minimum absolute atomic E-state index is 0.323. The Morgan fingerprint density at radius 1 is 0.722 bits per heavy atom. The summed E-state index contributed by atoms with van der Waals surface area (Å²) in [6.07, 6.45) is 0. The molecule has 92 valence electrons. The first-order chi connectivity index (χ1) is 8.61. The molecule has 0 aliphatic carbocycles. The van der Waals surface area contributed by atoms with Crippen LogP contribution in [0.2, 0.25) is 0 Å². The van der Waals surface area contributed by atoms with Crippen LogP contribution in [0, 0.1) is 0 Å². The highest BCUT2D eigenvalue weighted by Crippen LogP contribution is 2.22. The van der Waals surface area contributed by atoms with Crippen molar-refractivity contribution in [2.45, 2.75) is 0 Å². The second-order valence-corrected chi connectivity index (χ2v) is 5.82. The minimum Gasteiger partial charge on any atom is -0.385 e. The predicted molar refractivity (Wildman–Crippen MR) is 80.0 cm³/mol. The molecule has 0 unspecified atom stereocenters. The molecule has 0 radical (unpaired) electrons. The zero-order valence-corrected chi connectivity index (χ0v) is 11.1. The third-order valence-corrected chi connectivity index (χ3v) is 4.76. The molecule has 0 saturated heterocycles. The molecule has 0 aliphatic heterocycles. The van der Waals surface area contributed by atoms with Gasteiger partial charge in [-0.05, 0) is 22.9 Å². The molecule has 0 bridgehead atoms. The summed E-state index contributed by atoms with van der Waals surface area (Å²) in [6.45, 7) is 0. The number of rotatable bonds is 0. The van der Waals surface area contributed by atoms with Crippen molar-refractivity contribution < 1.29 is 0 Å². The Labute approximate surface area is 111 Å². The van der Waals surface area contributed by atoms with Crippen LogP contribution < -0.4 is 33.4 Å². The fourth-order valence-electron chi connectivity index (χ4n) is 2.22. The lowest BCUT2D eigenvalue weighted by molar-refractivity contribution is 1.42. The molecule has 0 atom stereocenters. The van der Waals surface area contributed by atoms with Crippen molar-refractivity contribution in [3.8, 4) is 0 Å². The molecule has 6 heteroatoms. The van der Waals surface area contributed by atoms with E-state index in [1.54, 1.807) is 22.7 Å². The van der Waals surface area contributed by atoms with E-state index in [1.807, 2.05) is 22.9 Å². The molecule has 1 aromatic carbocycles. The summed E-state index contributed by atoms with van der Waals surface area (Å²) in [5, 5.41) is 7.78. The molecule has 8 N–H and O–H groups in total. The molecule has 0 fully saturated rings. The van der Waals surface area contributed by atoms with Crippen LogP contribution in [0.4, 0.5) is 0 Å². The van der Waals surface area contributed by atoms with Gasteiger partial charge in [0.1, 0.15) is 11.6 Å². The summed E-state index contributed by atoms with van der Waals surface area (Å²) in [4.78, 5) is 0. The normalized spacial score (nSPS) is 11.1. The Balaban J connectivity index is 2.87. The van der Waals surface area contributed by atoms with E-state index in [1.165, 1.54) is 0 Å². The van der Waals surface area contributed by atoms with E-state index in [4.69, 9.17) is 22.9 Å². The van der Waals surface area contributed by atoms with Crippen LogP contribution in [0.1, 0.15) is 0 Å². The number of fused-ring (bicyclic) bond motifs is 2. The van der Waals surface area contributed by atoms with Gasteiger partial charge >= 0.3 is 0 Å². The predicted octanol–water partition coefficient (Wildman–Crippen LogP) is 0.0822. The van der Waals surface area contributed by atoms with E-state index in [0.717, 1.165) is 30.6 Å². The van der Waals surface area contributed by atoms with Gasteiger partial charge in [0.05, 0.1) is 0 Å². The highest BCUT2D eigenvalue weighted by Gasteiger charge is 2.10. The highest BCUT2D eigenvalue weighted by molar-refractivity contribution is 7.19. The molecule has 2 heterocycles. The van der Waals surface area contributed by atoms with Gasteiger partial charge in [-0.3, -0.25) is 0 Å². The number of hydrogen-bond acceptors (Lipinski definition) is 6. The van der Waals surface area contributed by atoms with Gasteiger partial charge in [0.2, 0.25) is 0 Å². The van der Waals surface area contributed by atoms with E-state index in [9.17, 15) is 0 Å². The summed E-state index contributed by atoms with van der Waals surface area (Å²) in [5.41, 5.74) is 23.3. The molecular formula is C12H12N4S2. The Morgan fingerprint density at radius 3 is 1.56 bits per heavy atom. The minimum atomic E-state index is 0.323. The molecule has 0 saturated carbocycles. The van der Waals surface area contributed by atoms with Gasteiger partial charge in [-0.25, -0.2) is 0 Å². The quantitative estimate of drug-likeness (QED) is 0.467. The van der Waals surface area contributed by atoms with Crippen molar-refractivity contribution in [1.29, 1.82) is 0 Å². The van der Waals surface area contributed by atoms with Crippen molar-refractivity contribution in [2.24, 2.45) is 22.9 Å². The standard InChI is InChI=1S/C12H12N4S2/c13-11(14)7-5-1-3-17-9(5)8(12(15)16)10-6(7)2-4-18-10/h1-4H,13-16H2. The number of thiophene rings is 2. The molecule has 0 spiro atoms. The van der Waals surface area contributed by atoms with E-state index >= 15 is 0 Å². The van der Waals surface area contributed by atoms with E-state index in [-0.39, 0.29) is 0 Å². The third-order valence-electron chi connectivity index (χ3n) is 2.90. The highest BCUT2D eigenvalue weighted by atomic mass is 32.1. The van der Waals surface area contributed by atoms with E-state index in [2.05, 4.69) is 0 Å². The van der Waals surface area contributed by atoms with Gasteiger partial charge in [0.25, 0.3) is 0 Å². The average Bonchev–Trinajstić information content (AvgIpc) is 2.91. The second-order valence-electron chi connectivity index (χ2n) is 3.99. The summed E-state index contributed by atoms with van der Waals surface area (Å²) in [7, 11) is 0.